The van der Waals surface area contributed by atoms with Crippen LogP contribution in [0.1, 0.15) is 26.2 Å². The van der Waals surface area contributed by atoms with Gasteiger partial charge in [-0.05, 0) is 25.1 Å². The summed E-state index contributed by atoms with van der Waals surface area (Å²) >= 11 is 0. The van der Waals surface area contributed by atoms with Gasteiger partial charge in [0.1, 0.15) is 16.5 Å². The lowest BCUT2D eigenvalue weighted by molar-refractivity contribution is 0.546. The summed E-state index contributed by atoms with van der Waals surface area (Å²) in [5.74, 6) is 0. The SMILES string of the molecule is CCCCN1[Si](C)(C)CCC[Si]1(C)C. The van der Waals surface area contributed by atoms with Crippen LogP contribution < -0.4 is 0 Å². The van der Waals surface area contributed by atoms with E-state index in [0.717, 1.165) is 0 Å². The molecule has 14 heavy (non-hydrogen) atoms. The van der Waals surface area contributed by atoms with Crippen molar-refractivity contribution in [2.24, 2.45) is 0 Å². The van der Waals surface area contributed by atoms with E-state index in [-0.39, 0.29) is 0 Å². The van der Waals surface area contributed by atoms with Crippen molar-refractivity contribution < 1.29 is 0 Å². The molecular weight excluding hydrogens is 202 g/mol. The molecule has 0 N–H and O–H groups in total. The summed E-state index contributed by atoms with van der Waals surface area (Å²) < 4.78 is 3.01. The summed E-state index contributed by atoms with van der Waals surface area (Å²) in [7, 11) is -2.00. The molecule has 1 nitrogen and oxygen atoms in total. The number of hydrogen-bond donors (Lipinski definition) is 0. The standard InChI is InChI=1S/C11H27NSi2/c1-6-7-9-12-13(2,3)10-8-11-14(12,4)5/h6-11H2,1-5H3. The van der Waals surface area contributed by atoms with Crippen molar-refractivity contribution in [3.63, 3.8) is 0 Å². The fourth-order valence-corrected chi connectivity index (χ4v) is 14.7. The van der Waals surface area contributed by atoms with Gasteiger partial charge < -0.3 is 4.23 Å². The van der Waals surface area contributed by atoms with Crippen molar-refractivity contribution >= 4 is 16.5 Å². The molecule has 0 aromatic rings. The molecule has 0 saturated carbocycles. The minimum atomic E-state index is -0.998. The van der Waals surface area contributed by atoms with Crippen LogP contribution in [-0.4, -0.2) is 27.2 Å². The van der Waals surface area contributed by atoms with Gasteiger partial charge in [-0.25, -0.2) is 0 Å². The first-order valence-corrected chi connectivity index (χ1v) is 12.5. The largest absolute Gasteiger partial charge is 0.345 e. The molecule has 1 aliphatic heterocycles. The smallest absolute Gasteiger partial charge is 0.115 e. The highest BCUT2D eigenvalue weighted by Crippen LogP contribution is 2.34. The maximum atomic E-state index is 3.01. The molecule has 1 aliphatic rings. The quantitative estimate of drug-likeness (QED) is 0.664. The Morgan fingerprint density at radius 2 is 1.50 bits per heavy atom. The molecule has 0 radical (unpaired) electrons. The number of nitrogens with zero attached hydrogens (tertiary/aromatic N) is 1. The highest BCUT2D eigenvalue weighted by molar-refractivity contribution is 6.91. The Bertz CT molecular complexity index is 174. The fourth-order valence-electron chi connectivity index (χ4n) is 2.96. The Morgan fingerprint density at radius 1 is 1.00 bits per heavy atom. The Hall–Kier alpha value is 0.394. The van der Waals surface area contributed by atoms with Crippen LogP contribution in [0.3, 0.4) is 0 Å². The van der Waals surface area contributed by atoms with Crippen molar-refractivity contribution in [3.05, 3.63) is 0 Å². The molecule has 0 atom stereocenters. The first-order valence-electron chi connectivity index (χ1n) is 6.18. The molecule has 0 spiro atoms. The second kappa shape index (κ2) is 4.50. The van der Waals surface area contributed by atoms with Crippen molar-refractivity contribution in [2.75, 3.05) is 6.54 Å². The van der Waals surface area contributed by atoms with E-state index < -0.39 is 16.5 Å². The van der Waals surface area contributed by atoms with Gasteiger partial charge in [-0.15, -0.1) is 0 Å². The highest BCUT2D eigenvalue weighted by atomic mass is 28.4. The Kier molecular flexibility index (Phi) is 4.00. The van der Waals surface area contributed by atoms with E-state index in [1.165, 1.54) is 37.9 Å². The summed E-state index contributed by atoms with van der Waals surface area (Å²) in [5, 5.41) is 0. The molecule has 1 fully saturated rings. The fraction of sp³-hybridized carbons (Fsp3) is 1.00. The minimum Gasteiger partial charge on any atom is -0.345 e. The predicted molar refractivity (Wildman–Crippen MR) is 70.8 cm³/mol. The Labute approximate surface area is 92.1 Å². The molecule has 1 saturated heterocycles. The molecule has 0 bridgehead atoms. The average Bonchev–Trinajstić information content (AvgIpc) is 2.01. The second-order valence-corrected chi connectivity index (χ2v) is 15.8. The summed E-state index contributed by atoms with van der Waals surface area (Å²) in [4.78, 5) is 0. The lowest BCUT2D eigenvalue weighted by Gasteiger charge is -2.51. The van der Waals surface area contributed by atoms with Crippen molar-refractivity contribution in [3.8, 4) is 0 Å². The third-order valence-electron chi connectivity index (χ3n) is 3.77. The van der Waals surface area contributed by atoms with Crippen LogP contribution in [0, 0.1) is 0 Å². The molecule has 0 unspecified atom stereocenters. The van der Waals surface area contributed by atoms with Gasteiger partial charge in [0.25, 0.3) is 0 Å². The first kappa shape index (κ1) is 12.5. The monoisotopic (exact) mass is 229 g/mol. The molecule has 0 aromatic heterocycles. The summed E-state index contributed by atoms with van der Waals surface area (Å²) in [6.07, 6.45) is 4.28. The van der Waals surface area contributed by atoms with Crippen molar-refractivity contribution in [1.29, 1.82) is 0 Å². The van der Waals surface area contributed by atoms with Gasteiger partial charge in [0.2, 0.25) is 0 Å². The molecule has 3 heteroatoms. The van der Waals surface area contributed by atoms with Gasteiger partial charge in [-0.3, -0.25) is 0 Å². The van der Waals surface area contributed by atoms with Crippen LogP contribution in [0.15, 0.2) is 0 Å². The van der Waals surface area contributed by atoms with Crippen LogP contribution >= 0.6 is 0 Å². The van der Waals surface area contributed by atoms with E-state index in [0.29, 0.717) is 0 Å². The number of hydrogen-bond acceptors (Lipinski definition) is 1. The van der Waals surface area contributed by atoms with Gasteiger partial charge in [0.05, 0.1) is 0 Å². The van der Waals surface area contributed by atoms with Gasteiger partial charge in [-0.2, -0.15) is 0 Å². The second-order valence-electron chi connectivity index (χ2n) is 5.98. The Balaban J connectivity index is 2.70. The van der Waals surface area contributed by atoms with Crippen LogP contribution in [-0.2, 0) is 0 Å². The number of unbranched alkanes of at least 4 members (excludes halogenated alkanes) is 1. The topological polar surface area (TPSA) is 3.24 Å². The first-order chi connectivity index (χ1) is 6.40. The van der Waals surface area contributed by atoms with Gasteiger partial charge in [-0.1, -0.05) is 46.0 Å². The zero-order valence-electron chi connectivity index (χ0n) is 10.7. The van der Waals surface area contributed by atoms with Crippen molar-refractivity contribution in [1.82, 2.24) is 4.23 Å². The highest BCUT2D eigenvalue weighted by Gasteiger charge is 2.43. The Morgan fingerprint density at radius 3 is 1.93 bits per heavy atom. The van der Waals surface area contributed by atoms with Crippen LogP contribution in [0.4, 0.5) is 0 Å². The maximum Gasteiger partial charge on any atom is 0.115 e. The zero-order valence-corrected chi connectivity index (χ0v) is 12.7. The molecule has 1 heterocycles. The van der Waals surface area contributed by atoms with Gasteiger partial charge >= 0.3 is 0 Å². The zero-order chi connectivity index (χ0) is 10.8. The van der Waals surface area contributed by atoms with E-state index in [2.05, 4.69) is 37.3 Å². The van der Waals surface area contributed by atoms with Gasteiger partial charge in [0.15, 0.2) is 0 Å². The van der Waals surface area contributed by atoms with E-state index in [1.54, 1.807) is 0 Å². The van der Waals surface area contributed by atoms with E-state index in [1.807, 2.05) is 0 Å². The molecule has 84 valence electrons. The lowest BCUT2D eigenvalue weighted by Crippen LogP contribution is -2.64. The third kappa shape index (κ3) is 2.70. The molecular formula is C11H27NSi2. The molecule has 0 amide bonds. The number of rotatable bonds is 3. The van der Waals surface area contributed by atoms with Crippen molar-refractivity contribution in [2.45, 2.75) is 64.5 Å². The van der Waals surface area contributed by atoms with E-state index in [4.69, 9.17) is 0 Å². The molecule has 0 aromatic carbocycles. The molecule has 0 aliphatic carbocycles. The minimum absolute atomic E-state index is 0.997. The van der Waals surface area contributed by atoms with Crippen LogP contribution in [0.5, 0.6) is 0 Å². The lowest BCUT2D eigenvalue weighted by atomic mass is 10.3. The predicted octanol–water partition coefficient (Wildman–Crippen LogP) is 3.90. The van der Waals surface area contributed by atoms with Gasteiger partial charge in [0, 0.05) is 0 Å². The van der Waals surface area contributed by atoms with Crippen LogP contribution in [0.25, 0.3) is 0 Å². The van der Waals surface area contributed by atoms with Crippen LogP contribution in [0.2, 0.25) is 38.3 Å². The maximum absolute atomic E-state index is 3.01. The van der Waals surface area contributed by atoms with E-state index in [9.17, 15) is 0 Å². The summed E-state index contributed by atoms with van der Waals surface area (Å²) in [5.41, 5.74) is 0. The average molecular weight is 230 g/mol. The van der Waals surface area contributed by atoms with E-state index >= 15 is 0 Å². The molecule has 1 rings (SSSR count). The third-order valence-corrected chi connectivity index (χ3v) is 13.9. The summed E-state index contributed by atoms with van der Waals surface area (Å²) in [6.45, 7) is 14.0. The normalized spacial score (nSPS) is 26.4. The summed E-state index contributed by atoms with van der Waals surface area (Å²) in [6, 6.07) is 3.07.